The Labute approximate surface area is 224 Å². The van der Waals surface area contributed by atoms with Gasteiger partial charge in [0.1, 0.15) is 5.82 Å². The molecular formula is C25H24ClF5N6O2. The number of pyridine rings is 1. The molecule has 39 heavy (non-hydrogen) atoms. The van der Waals surface area contributed by atoms with Crippen LogP contribution in [0.15, 0.2) is 36.7 Å². The van der Waals surface area contributed by atoms with E-state index in [1.54, 1.807) is 23.1 Å². The predicted molar refractivity (Wildman–Crippen MR) is 133 cm³/mol. The molecule has 0 spiro atoms. The molecule has 3 aromatic rings. The lowest BCUT2D eigenvalue weighted by molar-refractivity contribution is -0.145. The summed E-state index contributed by atoms with van der Waals surface area (Å²) in [4.78, 5) is 28.3. The van der Waals surface area contributed by atoms with E-state index in [0.29, 0.717) is 29.8 Å². The highest BCUT2D eigenvalue weighted by Gasteiger charge is 2.38. The van der Waals surface area contributed by atoms with E-state index in [2.05, 4.69) is 20.3 Å². The molecule has 4 heterocycles. The maximum absolute atomic E-state index is 13.8. The molecule has 2 aliphatic rings. The number of likely N-dealkylation sites (tertiary alicyclic amines) is 1. The second kappa shape index (κ2) is 10.4. The van der Waals surface area contributed by atoms with Crippen LogP contribution in [0.1, 0.15) is 40.6 Å². The molecule has 1 amide bonds. The maximum Gasteiger partial charge on any atom is 0.451 e. The van der Waals surface area contributed by atoms with Crippen LogP contribution < -0.4 is 10.2 Å². The van der Waals surface area contributed by atoms with Crippen molar-refractivity contribution in [1.82, 2.24) is 25.2 Å². The quantitative estimate of drug-likeness (QED) is 0.431. The van der Waals surface area contributed by atoms with Crippen molar-refractivity contribution in [1.29, 1.82) is 0 Å². The molecule has 5 rings (SSSR count). The molecule has 1 unspecified atom stereocenters. The number of aromatic nitrogens is 3. The van der Waals surface area contributed by atoms with Gasteiger partial charge in [0, 0.05) is 68.9 Å². The molecule has 0 bridgehead atoms. The van der Waals surface area contributed by atoms with E-state index in [1.165, 1.54) is 6.07 Å². The molecule has 2 N–H and O–H groups in total. The Hall–Kier alpha value is -3.16. The van der Waals surface area contributed by atoms with Crippen LogP contribution in [-0.2, 0) is 6.18 Å². The van der Waals surface area contributed by atoms with Crippen molar-refractivity contribution in [3.63, 3.8) is 0 Å². The highest BCUT2D eigenvalue weighted by molar-refractivity contribution is 6.35. The fourth-order valence-electron chi connectivity index (χ4n) is 4.77. The number of aliphatic hydroxyl groups excluding tert-OH is 1. The van der Waals surface area contributed by atoms with E-state index in [-0.39, 0.29) is 35.8 Å². The number of halogens is 6. The summed E-state index contributed by atoms with van der Waals surface area (Å²) in [6.07, 6.45) is -3.98. The minimum atomic E-state index is -4.73. The minimum absolute atomic E-state index is 0.0263. The normalized spacial score (nSPS) is 19.1. The summed E-state index contributed by atoms with van der Waals surface area (Å²) in [6, 6.07) is 5.89. The second-order valence-electron chi connectivity index (χ2n) is 9.67. The van der Waals surface area contributed by atoms with Crippen LogP contribution in [0, 0.1) is 0 Å². The van der Waals surface area contributed by atoms with Crippen LogP contribution in [0.2, 0.25) is 5.02 Å². The Morgan fingerprint density at radius 2 is 1.79 bits per heavy atom. The number of rotatable bonds is 6. The number of β-amino-alcohol motifs (C(OH)–C–C–N with tert-alkyl or cyclic N) is 1. The maximum atomic E-state index is 13.8. The Balaban J connectivity index is 1.38. The van der Waals surface area contributed by atoms with Crippen LogP contribution in [0.4, 0.5) is 27.8 Å². The van der Waals surface area contributed by atoms with E-state index in [0.717, 1.165) is 12.4 Å². The van der Waals surface area contributed by atoms with Gasteiger partial charge in [-0.25, -0.2) is 23.7 Å². The lowest BCUT2D eigenvalue weighted by Gasteiger charge is -2.37. The molecule has 14 heteroatoms. The largest absolute Gasteiger partial charge is 0.451 e. The van der Waals surface area contributed by atoms with Crippen LogP contribution in [-0.4, -0.2) is 75.6 Å². The number of hydrogen-bond donors (Lipinski definition) is 2. The Morgan fingerprint density at radius 3 is 2.41 bits per heavy atom. The third kappa shape index (κ3) is 5.89. The number of alkyl halides is 5. The third-order valence-electron chi connectivity index (χ3n) is 6.96. The first-order chi connectivity index (χ1) is 18.4. The number of carbonyl (C=O) groups is 1. The highest BCUT2D eigenvalue weighted by Crippen LogP contribution is 2.33. The molecule has 8 nitrogen and oxygen atoms in total. The minimum Gasteiger partial charge on any atom is -0.389 e. The van der Waals surface area contributed by atoms with Gasteiger partial charge >= 0.3 is 6.18 Å². The van der Waals surface area contributed by atoms with E-state index in [4.69, 9.17) is 11.6 Å². The molecule has 2 aromatic heterocycles. The zero-order valence-electron chi connectivity index (χ0n) is 20.4. The van der Waals surface area contributed by atoms with E-state index in [9.17, 15) is 31.9 Å². The number of hydrogen-bond acceptors (Lipinski definition) is 7. The molecule has 0 radical (unpaired) electrons. The average Bonchev–Trinajstić information content (AvgIpc) is 2.87. The number of amides is 1. The summed E-state index contributed by atoms with van der Waals surface area (Å²) in [7, 11) is 0. The van der Waals surface area contributed by atoms with Gasteiger partial charge in [0.05, 0.1) is 28.2 Å². The van der Waals surface area contributed by atoms with E-state index >= 15 is 0 Å². The number of aliphatic hydroxyl groups is 1. The topological polar surface area (TPSA) is 94.5 Å². The van der Waals surface area contributed by atoms with Crippen LogP contribution in [0.25, 0.3) is 10.9 Å². The van der Waals surface area contributed by atoms with Gasteiger partial charge in [0.25, 0.3) is 11.8 Å². The lowest BCUT2D eigenvalue weighted by atomic mass is 10.0. The first-order valence-electron chi connectivity index (χ1n) is 12.2. The Morgan fingerprint density at radius 1 is 1.13 bits per heavy atom. The van der Waals surface area contributed by atoms with Crippen molar-refractivity contribution in [2.75, 3.05) is 37.6 Å². The van der Waals surface area contributed by atoms with Crippen molar-refractivity contribution < 1.29 is 31.9 Å². The van der Waals surface area contributed by atoms with Crippen LogP contribution in [0.3, 0.4) is 0 Å². The number of nitrogens with zero attached hydrogens (tertiary/aromatic N) is 5. The first kappa shape index (κ1) is 27.4. The summed E-state index contributed by atoms with van der Waals surface area (Å²) in [6.45, 7) is 0.750. The lowest BCUT2D eigenvalue weighted by Crippen LogP contribution is -2.51. The molecular weight excluding hydrogens is 547 g/mol. The van der Waals surface area contributed by atoms with Crippen molar-refractivity contribution in [3.05, 3.63) is 58.6 Å². The SMILES string of the molecule is O=C(NCC(c1cnc(C(F)(F)F)nc1)N1CCC(F)(F)CC1)c1c(Cl)ccc2nc(N3CC(O)C3)ccc12. The molecule has 0 aliphatic carbocycles. The number of anilines is 1. The van der Waals surface area contributed by atoms with Crippen LogP contribution in [0.5, 0.6) is 0 Å². The van der Waals surface area contributed by atoms with Crippen molar-refractivity contribution >= 4 is 34.2 Å². The molecule has 1 aromatic carbocycles. The van der Waals surface area contributed by atoms with E-state index in [1.807, 2.05) is 4.90 Å². The van der Waals surface area contributed by atoms with Gasteiger partial charge < -0.3 is 15.3 Å². The van der Waals surface area contributed by atoms with Crippen molar-refractivity contribution in [3.8, 4) is 0 Å². The summed E-state index contributed by atoms with van der Waals surface area (Å²) < 4.78 is 66.5. The molecule has 2 aliphatic heterocycles. The standard InChI is InChI=1S/C25H24ClF5N6O2/c26-17-2-3-18-16(1-4-20(35-18)37-12-15(38)13-37)21(17)22(39)32-11-19(36-7-5-24(27,28)6-8-36)14-9-33-23(34-10-14)25(29,30)31/h1-4,9-10,15,19,38H,5-8,11-13H2,(H,32,39). The third-order valence-corrected chi connectivity index (χ3v) is 7.27. The van der Waals surface area contributed by atoms with Gasteiger partial charge in [-0.3, -0.25) is 9.69 Å². The molecule has 208 valence electrons. The highest BCUT2D eigenvalue weighted by atomic mass is 35.5. The van der Waals surface area contributed by atoms with Crippen LogP contribution >= 0.6 is 11.6 Å². The molecule has 1 atom stereocenters. The van der Waals surface area contributed by atoms with Crippen molar-refractivity contribution in [2.24, 2.45) is 0 Å². The van der Waals surface area contributed by atoms with Gasteiger partial charge in [-0.15, -0.1) is 0 Å². The fourth-order valence-corrected chi connectivity index (χ4v) is 5.02. The zero-order chi connectivity index (χ0) is 27.9. The summed E-state index contributed by atoms with van der Waals surface area (Å²) in [5.41, 5.74) is 0.916. The summed E-state index contributed by atoms with van der Waals surface area (Å²) in [5.74, 6) is -4.07. The smallest absolute Gasteiger partial charge is 0.389 e. The monoisotopic (exact) mass is 570 g/mol. The summed E-state index contributed by atoms with van der Waals surface area (Å²) >= 11 is 6.38. The predicted octanol–water partition coefficient (Wildman–Crippen LogP) is 4.08. The zero-order valence-corrected chi connectivity index (χ0v) is 21.2. The number of nitrogens with one attached hydrogen (secondary N) is 1. The number of carbonyl (C=O) groups excluding carboxylic acids is 1. The number of benzene rings is 1. The van der Waals surface area contributed by atoms with Gasteiger partial charge in [0.2, 0.25) is 5.82 Å². The number of piperidine rings is 1. The Bertz CT molecular complexity index is 1360. The molecule has 2 fully saturated rings. The second-order valence-corrected chi connectivity index (χ2v) is 10.1. The van der Waals surface area contributed by atoms with E-state index < -0.39 is 48.8 Å². The molecule has 2 saturated heterocycles. The first-order valence-corrected chi connectivity index (χ1v) is 12.6. The van der Waals surface area contributed by atoms with Gasteiger partial charge in [-0.05, 0) is 24.3 Å². The average molecular weight is 571 g/mol. The Kier molecular flexibility index (Phi) is 7.33. The fraction of sp³-hybridized carbons (Fsp3) is 0.440. The van der Waals surface area contributed by atoms with Crippen molar-refractivity contribution in [2.45, 2.75) is 37.1 Å². The van der Waals surface area contributed by atoms with Gasteiger partial charge in [-0.2, -0.15) is 13.2 Å². The van der Waals surface area contributed by atoms with Gasteiger partial charge in [-0.1, -0.05) is 11.6 Å². The number of fused-ring (bicyclic) bond motifs is 1. The van der Waals surface area contributed by atoms with Gasteiger partial charge in [0.15, 0.2) is 0 Å². The molecule has 0 saturated carbocycles. The summed E-state index contributed by atoms with van der Waals surface area (Å²) in [5, 5.41) is 13.0.